The van der Waals surface area contributed by atoms with Crippen LogP contribution in [0.4, 0.5) is 4.79 Å². The molecule has 100 valence electrons. The van der Waals surface area contributed by atoms with Crippen molar-refractivity contribution in [2.24, 2.45) is 5.92 Å². The molecule has 2 unspecified atom stereocenters. The van der Waals surface area contributed by atoms with E-state index in [1.807, 2.05) is 6.92 Å². The van der Waals surface area contributed by atoms with Crippen LogP contribution >= 0.6 is 24.4 Å². The number of esters is 1. The highest BCUT2D eigenvalue weighted by Gasteiger charge is 2.21. The molecule has 0 fully saturated rings. The van der Waals surface area contributed by atoms with E-state index in [4.69, 9.17) is 4.74 Å². The Morgan fingerprint density at radius 2 is 2.00 bits per heavy atom. The SMILES string of the molecule is CCCCCC(CC(C)C(=O)OC)SC(=O)S. The zero-order valence-electron chi connectivity index (χ0n) is 10.8. The summed E-state index contributed by atoms with van der Waals surface area (Å²) in [5.74, 6) is -0.371. The quantitative estimate of drug-likeness (QED) is 0.415. The van der Waals surface area contributed by atoms with Gasteiger partial charge in [-0.05, 0) is 12.8 Å². The number of thiol groups is 1. The van der Waals surface area contributed by atoms with Crippen LogP contribution in [0.5, 0.6) is 0 Å². The molecule has 3 nitrogen and oxygen atoms in total. The molecule has 0 rings (SSSR count). The molecule has 0 saturated carbocycles. The van der Waals surface area contributed by atoms with E-state index in [-0.39, 0.29) is 21.6 Å². The number of thioether (sulfide) groups is 1. The lowest BCUT2D eigenvalue weighted by molar-refractivity contribution is -0.145. The summed E-state index contributed by atoms with van der Waals surface area (Å²) in [6, 6.07) is 0. The molecule has 5 heteroatoms. The third kappa shape index (κ3) is 8.55. The topological polar surface area (TPSA) is 43.4 Å². The van der Waals surface area contributed by atoms with Gasteiger partial charge in [-0.1, -0.05) is 57.5 Å². The van der Waals surface area contributed by atoms with Crippen molar-refractivity contribution in [3.8, 4) is 0 Å². The van der Waals surface area contributed by atoms with Gasteiger partial charge in [0.2, 0.25) is 4.45 Å². The van der Waals surface area contributed by atoms with Crippen molar-refractivity contribution >= 4 is 34.8 Å². The first kappa shape index (κ1) is 16.8. The molecule has 0 aliphatic rings. The molecular weight excluding hydrogens is 256 g/mol. The maximum atomic E-state index is 11.3. The van der Waals surface area contributed by atoms with E-state index in [0.717, 1.165) is 25.7 Å². The van der Waals surface area contributed by atoms with Gasteiger partial charge >= 0.3 is 5.97 Å². The number of carbonyl (C=O) groups is 2. The second-order valence-electron chi connectivity index (χ2n) is 4.16. The van der Waals surface area contributed by atoms with Crippen molar-refractivity contribution in [1.29, 1.82) is 0 Å². The molecule has 0 saturated heterocycles. The minimum absolute atomic E-state index is 0.160. The van der Waals surface area contributed by atoms with Crippen LogP contribution in [0, 0.1) is 5.92 Å². The second kappa shape index (κ2) is 9.83. The normalized spacial score (nSPS) is 14.1. The summed E-state index contributed by atoms with van der Waals surface area (Å²) in [5.41, 5.74) is 0. The van der Waals surface area contributed by atoms with Gasteiger partial charge in [-0.3, -0.25) is 9.59 Å². The zero-order chi connectivity index (χ0) is 13.3. The van der Waals surface area contributed by atoms with Crippen molar-refractivity contribution < 1.29 is 14.3 Å². The summed E-state index contributed by atoms with van der Waals surface area (Å²) in [6.07, 6.45) is 5.02. The van der Waals surface area contributed by atoms with Gasteiger partial charge in [-0.15, -0.1) is 0 Å². The maximum Gasteiger partial charge on any atom is 0.308 e. The fourth-order valence-corrected chi connectivity index (χ4v) is 3.08. The van der Waals surface area contributed by atoms with Gasteiger partial charge in [0.15, 0.2) is 0 Å². The van der Waals surface area contributed by atoms with Crippen LogP contribution in [0.15, 0.2) is 0 Å². The van der Waals surface area contributed by atoms with Crippen molar-refractivity contribution in [3.05, 3.63) is 0 Å². The van der Waals surface area contributed by atoms with Gasteiger partial charge in [0.25, 0.3) is 0 Å². The molecule has 0 amide bonds. The van der Waals surface area contributed by atoms with Crippen LogP contribution in [-0.2, 0) is 9.53 Å². The number of hydrogen-bond donors (Lipinski definition) is 1. The first-order valence-corrected chi connectivity index (χ1v) is 7.31. The van der Waals surface area contributed by atoms with Gasteiger partial charge in [0.05, 0.1) is 13.0 Å². The van der Waals surface area contributed by atoms with Crippen LogP contribution in [0.25, 0.3) is 0 Å². The van der Waals surface area contributed by atoms with E-state index in [2.05, 4.69) is 19.6 Å². The Labute approximate surface area is 113 Å². The van der Waals surface area contributed by atoms with Crippen molar-refractivity contribution in [3.63, 3.8) is 0 Å². The summed E-state index contributed by atoms with van der Waals surface area (Å²) in [5, 5.41) is 0.167. The van der Waals surface area contributed by atoms with Crippen LogP contribution < -0.4 is 0 Å². The molecule has 0 heterocycles. The number of carbonyl (C=O) groups excluding carboxylic acids is 2. The van der Waals surface area contributed by atoms with Crippen molar-refractivity contribution in [2.75, 3.05) is 7.11 Å². The molecule has 0 aromatic carbocycles. The summed E-state index contributed by atoms with van der Waals surface area (Å²) >= 11 is 5.01. The van der Waals surface area contributed by atoms with Crippen molar-refractivity contribution in [1.82, 2.24) is 0 Å². The smallest absolute Gasteiger partial charge is 0.308 e. The van der Waals surface area contributed by atoms with Gasteiger partial charge in [0, 0.05) is 5.25 Å². The minimum Gasteiger partial charge on any atom is -0.469 e. The van der Waals surface area contributed by atoms with E-state index in [0.29, 0.717) is 6.42 Å². The van der Waals surface area contributed by atoms with Crippen LogP contribution in [-0.4, -0.2) is 22.8 Å². The van der Waals surface area contributed by atoms with E-state index in [9.17, 15) is 9.59 Å². The fraction of sp³-hybridized carbons (Fsp3) is 0.833. The fourth-order valence-electron chi connectivity index (χ4n) is 1.68. The Morgan fingerprint density at radius 1 is 1.35 bits per heavy atom. The summed E-state index contributed by atoms with van der Waals surface area (Å²) in [6.45, 7) is 3.98. The Hall–Kier alpha value is -0.160. The summed E-state index contributed by atoms with van der Waals surface area (Å²) in [4.78, 5) is 22.3. The van der Waals surface area contributed by atoms with Gasteiger partial charge < -0.3 is 4.74 Å². The third-order valence-corrected chi connectivity index (χ3v) is 3.90. The van der Waals surface area contributed by atoms with E-state index in [1.165, 1.54) is 18.9 Å². The average Bonchev–Trinajstić information content (AvgIpc) is 2.27. The first-order chi connectivity index (χ1) is 8.01. The molecule has 0 aliphatic heterocycles. The second-order valence-corrected chi connectivity index (χ2v) is 6.14. The van der Waals surface area contributed by atoms with E-state index < -0.39 is 0 Å². The summed E-state index contributed by atoms with van der Waals surface area (Å²) < 4.78 is 4.51. The van der Waals surface area contributed by atoms with Gasteiger partial charge in [-0.25, -0.2) is 0 Å². The van der Waals surface area contributed by atoms with Crippen LogP contribution in [0.3, 0.4) is 0 Å². The number of ether oxygens (including phenoxy) is 1. The number of rotatable bonds is 8. The maximum absolute atomic E-state index is 11.3. The molecule has 0 spiro atoms. The molecule has 2 atom stereocenters. The highest BCUT2D eigenvalue weighted by Crippen LogP contribution is 2.27. The Morgan fingerprint density at radius 3 is 2.47 bits per heavy atom. The van der Waals surface area contributed by atoms with Crippen LogP contribution in [0.1, 0.15) is 46.0 Å². The van der Waals surface area contributed by atoms with Crippen molar-refractivity contribution in [2.45, 2.75) is 51.2 Å². The first-order valence-electron chi connectivity index (χ1n) is 5.98. The molecule has 0 aromatic heterocycles. The molecule has 0 aliphatic carbocycles. The Kier molecular flexibility index (Phi) is 9.74. The molecule has 0 aromatic rings. The van der Waals surface area contributed by atoms with E-state index >= 15 is 0 Å². The lowest BCUT2D eigenvalue weighted by atomic mass is 10.0. The lowest BCUT2D eigenvalue weighted by Gasteiger charge is -2.17. The van der Waals surface area contributed by atoms with Gasteiger partial charge in [-0.2, -0.15) is 0 Å². The predicted molar refractivity (Wildman–Crippen MR) is 75.7 cm³/mol. The zero-order valence-corrected chi connectivity index (χ0v) is 12.5. The molecule has 0 bridgehead atoms. The Bertz CT molecular complexity index is 244. The third-order valence-electron chi connectivity index (χ3n) is 2.62. The average molecular weight is 278 g/mol. The number of unbranched alkanes of at least 4 members (excludes halogenated alkanes) is 2. The monoisotopic (exact) mass is 278 g/mol. The summed E-state index contributed by atoms with van der Waals surface area (Å²) in [7, 11) is 1.39. The Balaban J connectivity index is 4.16. The highest BCUT2D eigenvalue weighted by atomic mass is 32.2. The van der Waals surface area contributed by atoms with Gasteiger partial charge in [0.1, 0.15) is 0 Å². The number of hydrogen-bond acceptors (Lipinski definition) is 4. The van der Waals surface area contributed by atoms with E-state index in [1.54, 1.807) is 0 Å². The lowest BCUT2D eigenvalue weighted by Crippen LogP contribution is -2.18. The largest absolute Gasteiger partial charge is 0.469 e. The number of methoxy groups -OCH3 is 1. The molecular formula is C12H22O3S2. The standard InChI is InChI=1S/C12H22O3S2/c1-4-5-6-7-10(17-12(14)16)8-9(2)11(13)15-3/h9-10H,4-8H2,1-3H3,(H,14,16). The molecule has 0 radical (unpaired) electrons. The van der Waals surface area contributed by atoms with Crippen LogP contribution in [0.2, 0.25) is 0 Å². The molecule has 17 heavy (non-hydrogen) atoms. The predicted octanol–water partition coefficient (Wildman–Crippen LogP) is 3.92. The highest BCUT2D eigenvalue weighted by molar-refractivity contribution is 8.32. The minimum atomic E-state index is -0.210. The molecule has 0 N–H and O–H groups in total.